The van der Waals surface area contributed by atoms with E-state index in [-0.39, 0.29) is 18.5 Å². The number of carbonyl (C=O) groups is 2. The van der Waals surface area contributed by atoms with Crippen molar-refractivity contribution in [1.29, 1.82) is 0 Å². The van der Waals surface area contributed by atoms with E-state index >= 15 is 0 Å². The summed E-state index contributed by atoms with van der Waals surface area (Å²) in [7, 11) is -3.79. The smallest absolute Gasteiger partial charge is 0.244 e. The first-order valence-electron chi connectivity index (χ1n) is 12.3. The Morgan fingerprint density at radius 3 is 2.25 bits per heavy atom. The highest BCUT2D eigenvalue weighted by molar-refractivity contribution is 7.92. The minimum atomic E-state index is -3.79. The second-order valence-corrected chi connectivity index (χ2v) is 11.6. The first kappa shape index (κ1) is 27.6. The Labute approximate surface area is 213 Å². The van der Waals surface area contributed by atoms with Crippen LogP contribution in [-0.4, -0.2) is 50.0 Å². The molecule has 0 spiro atoms. The van der Waals surface area contributed by atoms with Crippen molar-refractivity contribution in [3.63, 3.8) is 0 Å². The number of carbonyl (C=O) groups excluding carboxylic acids is 2. The SMILES string of the molecule is Cc1ccc(N(CC(=O)N(Cc2ccc(F)cc2)C(C)C(=O)NC2CCCCC2)S(C)(=O)=O)cc1C. The first-order chi connectivity index (χ1) is 17.0. The quantitative estimate of drug-likeness (QED) is 0.543. The molecule has 1 unspecified atom stereocenters. The number of anilines is 1. The van der Waals surface area contributed by atoms with E-state index in [2.05, 4.69) is 5.32 Å². The predicted octanol–water partition coefficient (Wildman–Crippen LogP) is 4.07. The van der Waals surface area contributed by atoms with Crippen LogP contribution in [0.1, 0.15) is 55.7 Å². The van der Waals surface area contributed by atoms with Crippen molar-refractivity contribution in [2.75, 3.05) is 17.1 Å². The fourth-order valence-corrected chi connectivity index (χ4v) is 5.27. The molecule has 2 aromatic rings. The highest BCUT2D eigenvalue weighted by Gasteiger charge is 2.31. The van der Waals surface area contributed by atoms with Crippen molar-refractivity contribution in [1.82, 2.24) is 10.2 Å². The van der Waals surface area contributed by atoms with Gasteiger partial charge in [-0.05, 0) is 74.6 Å². The maximum Gasteiger partial charge on any atom is 0.244 e. The van der Waals surface area contributed by atoms with Crippen LogP contribution in [0.2, 0.25) is 0 Å². The Hall–Kier alpha value is -2.94. The molecule has 1 N–H and O–H groups in total. The maximum atomic E-state index is 13.6. The summed E-state index contributed by atoms with van der Waals surface area (Å²) in [6.45, 7) is 5.03. The molecule has 1 aliphatic rings. The number of nitrogens with zero attached hydrogens (tertiary/aromatic N) is 2. The zero-order valence-electron chi connectivity index (χ0n) is 21.5. The van der Waals surface area contributed by atoms with E-state index in [9.17, 15) is 22.4 Å². The molecule has 1 fully saturated rings. The average molecular weight is 518 g/mol. The predicted molar refractivity (Wildman–Crippen MR) is 140 cm³/mol. The second kappa shape index (κ2) is 11.9. The topological polar surface area (TPSA) is 86.8 Å². The molecule has 1 atom stereocenters. The van der Waals surface area contributed by atoms with Crippen molar-refractivity contribution in [2.24, 2.45) is 0 Å². The summed E-state index contributed by atoms with van der Waals surface area (Å²) in [5.41, 5.74) is 2.93. The van der Waals surface area contributed by atoms with E-state index in [1.807, 2.05) is 19.9 Å². The van der Waals surface area contributed by atoms with Crippen LogP contribution >= 0.6 is 0 Å². The number of amides is 2. The van der Waals surface area contributed by atoms with Crippen LogP contribution in [0.4, 0.5) is 10.1 Å². The largest absolute Gasteiger partial charge is 0.352 e. The van der Waals surface area contributed by atoms with E-state index in [1.54, 1.807) is 31.2 Å². The van der Waals surface area contributed by atoms with Crippen LogP contribution in [0, 0.1) is 19.7 Å². The van der Waals surface area contributed by atoms with Gasteiger partial charge in [-0.2, -0.15) is 0 Å². The third-order valence-corrected chi connectivity index (χ3v) is 7.98. The van der Waals surface area contributed by atoms with E-state index < -0.39 is 34.3 Å². The summed E-state index contributed by atoms with van der Waals surface area (Å²) in [6, 6.07) is 10.1. The highest BCUT2D eigenvalue weighted by atomic mass is 32.2. The molecule has 0 saturated heterocycles. The lowest BCUT2D eigenvalue weighted by Gasteiger charge is -2.33. The molecule has 3 rings (SSSR count). The molecule has 1 aliphatic carbocycles. The number of benzene rings is 2. The summed E-state index contributed by atoms with van der Waals surface area (Å²) in [5, 5.41) is 3.05. The van der Waals surface area contributed by atoms with Crippen molar-refractivity contribution < 1.29 is 22.4 Å². The van der Waals surface area contributed by atoms with Gasteiger partial charge in [0.05, 0.1) is 11.9 Å². The minimum absolute atomic E-state index is 0.0445. The minimum Gasteiger partial charge on any atom is -0.352 e. The molecular weight excluding hydrogens is 481 g/mol. The maximum absolute atomic E-state index is 13.6. The molecule has 196 valence electrons. The van der Waals surface area contributed by atoms with Crippen LogP contribution in [-0.2, 0) is 26.2 Å². The lowest BCUT2D eigenvalue weighted by atomic mass is 9.95. The molecule has 0 aliphatic heterocycles. The van der Waals surface area contributed by atoms with Gasteiger partial charge in [-0.15, -0.1) is 0 Å². The van der Waals surface area contributed by atoms with Gasteiger partial charge < -0.3 is 10.2 Å². The number of nitrogens with one attached hydrogen (secondary N) is 1. The van der Waals surface area contributed by atoms with Crippen LogP contribution in [0.15, 0.2) is 42.5 Å². The second-order valence-electron chi connectivity index (χ2n) is 9.71. The molecule has 1 saturated carbocycles. The Morgan fingerprint density at radius 2 is 1.67 bits per heavy atom. The Balaban J connectivity index is 1.87. The third-order valence-electron chi connectivity index (χ3n) is 6.84. The lowest BCUT2D eigenvalue weighted by Crippen LogP contribution is -2.53. The van der Waals surface area contributed by atoms with Crippen LogP contribution < -0.4 is 9.62 Å². The van der Waals surface area contributed by atoms with Gasteiger partial charge in [0.15, 0.2) is 0 Å². The van der Waals surface area contributed by atoms with Gasteiger partial charge in [0.1, 0.15) is 18.4 Å². The summed E-state index contributed by atoms with van der Waals surface area (Å²) in [4.78, 5) is 28.1. The van der Waals surface area contributed by atoms with Crippen LogP contribution in [0.5, 0.6) is 0 Å². The summed E-state index contributed by atoms with van der Waals surface area (Å²) < 4.78 is 39.9. The molecule has 9 heteroatoms. The monoisotopic (exact) mass is 517 g/mol. The first-order valence-corrected chi connectivity index (χ1v) is 14.2. The third kappa shape index (κ3) is 7.29. The van der Waals surface area contributed by atoms with Crippen molar-refractivity contribution in [3.8, 4) is 0 Å². The fourth-order valence-electron chi connectivity index (χ4n) is 4.43. The molecule has 0 bridgehead atoms. The van der Waals surface area contributed by atoms with E-state index in [1.165, 1.54) is 17.0 Å². The summed E-state index contributed by atoms with van der Waals surface area (Å²) >= 11 is 0. The molecule has 0 heterocycles. The summed E-state index contributed by atoms with van der Waals surface area (Å²) in [5.74, 6) is -1.21. The molecule has 0 radical (unpaired) electrons. The zero-order chi connectivity index (χ0) is 26.5. The van der Waals surface area contributed by atoms with Crippen molar-refractivity contribution in [2.45, 2.75) is 71.5 Å². The number of hydrogen-bond acceptors (Lipinski definition) is 4. The van der Waals surface area contributed by atoms with Crippen molar-refractivity contribution in [3.05, 3.63) is 65.0 Å². The van der Waals surface area contributed by atoms with E-state index in [0.717, 1.165) is 53.8 Å². The van der Waals surface area contributed by atoms with Gasteiger partial charge in [-0.3, -0.25) is 13.9 Å². The van der Waals surface area contributed by atoms with Gasteiger partial charge in [0, 0.05) is 12.6 Å². The van der Waals surface area contributed by atoms with Gasteiger partial charge >= 0.3 is 0 Å². The average Bonchev–Trinajstić information content (AvgIpc) is 2.83. The van der Waals surface area contributed by atoms with Gasteiger partial charge in [-0.1, -0.05) is 37.5 Å². The Bertz CT molecular complexity index is 1180. The molecule has 2 amide bonds. The molecular formula is C27H36FN3O4S. The van der Waals surface area contributed by atoms with E-state index in [4.69, 9.17) is 0 Å². The lowest BCUT2D eigenvalue weighted by molar-refractivity contribution is -0.139. The highest BCUT2D eigenvalue weighted by Crippen LogP contribution is 2.23. The number of rotatable bonds is 9. The standard InChI is InChI=1S/C27H36FN3O4S/c1-19-10-15-25(16-20(19)2)31(36(4,34)35)18-26(32)30(17-22-11-13-23(28)14-12-22)21(3)27(33)29-24-8-6-5-7-9-24/h10-16,21,24H,5-9,17-18H2,1-4H3,(H,29,33). The normalized spacial score (nSPS) is 15.2. The number of hydrogen-bond donors (Lipinski definition) is 1. The molecule has 0 aromatic heterocycles. The number of aryl methyl sites for hydroxylation is 2. The zero-order valence-corrected chi connectivity index (χ0v) is 22.3. The van der Waals surface area contributed by atoms with Crippen LogP contribution in [0.25, 0.3) is 0 Å². The van der Waals surface area contributed by atoms with Gasteiger partial charge in [-0.25, -0.2) is 12.8 Å². The summed E-state index contributed by atoms with van der Waals surface area (Å²) in [6.07, 6.45) is 6.11. The van der Waals surface area contributed by atoms with Crippen LogP contribution in [0.3, 0.4) is 0 Å². The fraction of sp³-hybridized carbons (Fsp3) is 0.481. The molecule has 36 heavy (non-hydrogen) atoms. The van der Waals surface area contributed by atoms with Gasteiger partial charge in [0.25, 0.3) is 0 Å². The molecule has 2 aromatic carbocycles. The molecule has 7 nitrogen and oxygen atoms in total. The van der Waals surface area contributed by atoms with E-state index in [0.29, 0.717) is 11.3 Å². The van der Waals surface area contributed by atoms with Gasteiger partial charge in [0.2, 0.25) is 21.8 Å². The number of halogens is 1. The Morgan fingerprint density at radius 1 is 1.03 bits per heavy atom. The Kier molecular flexibility index (Phi) is 9.11. The van der Waals surface area contributed by atoms with Crippen molar-refractivity contribution >= 4 is 27.5 Å². The number of sulfonamides is 1.